The highest BCUT2D eigenvalue weighted by Gasteiger charge is 2.06. The van der Waals surface area contributed by atoms with Crippen LogP contribution in [0.15, 0.2) is 36.4 Å². The van der Waals surface area contributed by atoms with Gasteiger partial charge in [0.05, 0.1) is 22.8 Å². The highest BCUT2D eigenvalue weighted by molar-refractivity contribution is 5.66. The molecule has 0 amide bonds. The predicted molar refractivity (Wildman–Crippen MR) is 78.4 cm³/mol. The van der Waals surface area contributed by atoms with Crippen LogP contribution in [0.5, 0.6) is 0 Å². The first-order valence-corrected chi connectivity index (χ1v) is 6.73. The lowest BCUT2D eigenvalue weighted by atomic mass is 10.2. The van der Waals surface area contributed by atoms with Gasteiger partial charge in [-0.25, -0.2) is 9.97 Å². The van der Waals surface area contributed by atoms with E-state index in [0.29, 0.717) is 22.8 Å². The number of nitrogens with zero attached hydrogens (tertiary/aromatic N) is 2. The fourth-order valence-corrected chi connectivity index (χ4v) is 1.76. The molecule has 0 unspecified atom stereocenters. The van der Waals surface area contributed by atoms with Gasteiger partial charge >= 0.3 is 11.9 Å². The van der Waals surface area contributed by atoms with Crippen molar-refractivity contribution in [3.05, 3.63) is 47.8 Å². The summed E-state index contributed by atoms with van der Waals surface area (Å²) in [5, 5.41) is 0. The molecule has 0 fully saturated rings. The van der Waals surface area contributed by atoms with E-state index in [4.69, 9.17) is 9.47 Å². The lowest BCUT2D eigenvalue weighted by Crippen LogP contribution is -2.03. The van der Waals surface area contributed by atoms with Crippen LogP contribution in [-0.2, 0) is 32.3 Å². The van der Waals surface area contributed by atoms with Crippen molar-refractivity contribution in [2.75, 3.05) is 0 Å². The molecule has 6 heteroatoms. The SMILES string of the molecule is CC(=O)OCc1cccc(-c2cccc(COC(C)=O)n2)n1. The first-order chi connectivity index (χ1) is 10.5. The number of aromatic nitrogens is 2. The summed E-state index contributed by atoms with van der Waals surface area (Å²) in [7, 11) is 0. The number of carbonyl (C=O) groups excluding carboxylic acids is 2. The Bertz CT molecular complexity index is 626. The maximum absolute atomic E-state index is 10.8. The van der Waals surface area contributed by atoms with E-state index in [-0.39, 0.29) is 25.2 Å². The Morgan fingerprint density at radius 3 is 1.59 bits per heavy atom. The van der Waals surface area contributed by atoms with Crippen molar-refractivity contribution in [2.45, 2.75) is 27.1 Å². The summed E-state index contributed by atoms with van der Waals surface area (Å²) in [6.07, 6.45) is 0. The molecule has 2 rings (SSSR count). The monoisotopic (exact) mass is 300 g/mol. The van der Waals surface area contributed by atoms with Crippen LogP contribution < -0.4 is 0 Å². The van der Waals surface area contributed by atoms with Crippen LogP contribution in [-0.4, -0.2) is 21.9 Å². The molecule has 0 saturated heterocycles. The van der Waals surface area contributed by atoms with Crippen LogP contribution in [0.2, 0.25) is 0 Å². The molecule has 0 aromatic carbocycles. The van der Waals surface area contributed by atoms with Gasteiger partial charge in [0.25, 0.3) is 0 Å². The largest absolute Gasteiger partial charge is 0.459 e. The number of esters is 2. The normalized spacial score (nSPS) is 10.1. The van der Waals surface area contributed by atoms with Gasteiger partial charge in [-0.1, -0.05) is 12.1 Å². The zero-order valence-electron chi connectivity index (χ0n) is 12.4. The van der Waals surface area contributed by atoms with Gasteiger partial charge in [-0.05, 0) is 24.3 Å². The molecule has 6 nitrogen and oxygen atoms in total. The molecule has 2 aromatic heterocycles. The molecule has 0 aliphatic carbocycles. The summed E-state index contributed by atoms with van der Waals surface area (Å²) in [5.74, 6) is -0.706. The highest BCUT2D eigenvalue weighted by Crippen LogP contribution is 2.16. The zero-order chi connectivity index (χ0) is 15.9. The molecule has 0 aliphatic rings. The number of hydrogen-bond donors (Lipinski definition) is 0. The van der Waals surface area contributed by atoms with Crippen LogP contribution in [0.25, 0.3) is 11.4 Å². The van der Waals surface area contributed by atoms with Crippen molar-refractivity contribution >= 4 is 11.9 Å². The molecule has 0 radical (unpaired) electrons. The summed E-state index contributed by atoms with van der Waals surface area (Å²) < 4.78 is 9.86. The fourth-order valence-electron chi connectivity index (χ4n) is 1.76. The van der Waals surface area contributed by atoms with E-state index in [2.05, 4.69) is 9.97 Å². The van der Waals surface area contributed by atoms with Crippen molar-refractivity contribution in [1.29, 1.82) is 0 Å². The highest BCUT2D eigenvalue weighted by atomic mass is 16.5. The summed E-state index contributed by atoms with van der Waals surface area (Å²) in [4.78, 5) is 30.5. The Labute approximate surface area is 128 Å². The maximum Gasteiger partial charge on any atom is 0.303 e. The molecule has 0 N–H and O–H groups in total. The zero-order valence-corrected chi connectivity index (χ0v) is 12.4. The minimum absolute atomic E-state index is 0.121. The summed E-state index contributed by atoms with van der Waals surface area (Å²) in [5.41, 5.74) is 2.60. The number of carbonyl (C=O) groups is 2. The van der Waals surface area contributed by atoms with Gasteiger partial charge in [0.1, 0.15) is 13.2 Å². The molecule has 0 spiro atoms. The average molecular weight is 300 g/mol. The molecule has 114 valence electrons. The van der Waals surface area contributed by atoms with Crippen molar-refractivity contribution in [2.24, 2.45) is 0 Å². The van der Waals surface area contributed by atoms with Crippen LogP contribution in [0.4, 0.5) is 0 Å². The second-order valence-corrected chi connectivity index (χ2v) is 4.59. The van der Waals surface area contributed by atoms with Crippen molar-refractivity contribution in [3.63, 3.8) is 0 Å². The molecule has 0 aliphatic heterocycles. The minimum atomic E-state index is -0.353. The van der Waals surface area contributed by atoms with Gasteiger partial charge in [0, 0.05) is 13.8 Å². The number of hydrogen-bond acceptors (Lipinski definition) is 6. The molecular weight excluding hydrogens is 284 g/mol. The van der Waals surface area contributed by atoms with E-state index < -0.39 is 0 Å². The van der Waals surface area contributed by atoms with E-state index in [9.17, 15) is 9.59 Å². The number of ether oxygens (including phenoxy) is 2. The molecule has 0 saturated carbocycles. The smallest absolute Gasteiger partial charge is 0.303 e. The molecule has 0 atom stereocenters. The summed E-state index contributed by atoms with van der Waals surface area (Å²) in [6.45, 7) is 2.94. The van der Waals surface area contributed by atoms with E-state index >= 15 is 0 Å². The lowest BCUT2D eigenvalue weighted by Gasteiger charge is -2.06. The third-order valence-electron chi connectivity index (χ3n) is 2.72. The van der Waals surface area contributed by atoms with Crippen molar-refractivity contribution in [3.8, 4) is 11.4 Å². The fraction of sp³-hybridized carbons (Fsp3) is 0.250. The van der Waals surface area contributed by atoms with Gasteiger partial charge in [-0.3, -0.25) is 9.59 Å². The Morgan fingerprint density at radius 1 is 0.818 bits per heavy atom. The number of pyridine rings is 2. The van der Waals surface area contributed by atoms with Crippen LogP contribution in [0.1, 0.15) is 25.2 Å². The van der Waals surface area contributed by atoms with Crippen LogP contribution >= 0.6 is 0 Å². The van der Waals surface area contributed by atoms with Crippen molar-refractivity contribution in [1.82, 2.24) is 9.97 Å². The third-order valence-corrected chi connectivity index (χ3v) is 2.72. The third kappa shape index (κ3) is 4.66. The summed E-state index contributed by atoms with van der Waals surface area (Å²) >= 11 is 0. The average Bonchev–Trinajstić information content (AvgIpc) is 2.51. The first kappa shape index (κ1) is 15.6. The second kappa shape index (κ2) is 7.31. The Morgan fingerprint density at radius 2 is 1.23 bits per heavy atom. The van der Waals surface area contributed by atoms with Crippen molar-refractivity contribution < 1.29 is 19.1 Å². The van der Waals surface area contributed by atoms with Gasteiger partial charge in [0.2, 0.25) is 0 Å². The van der Waals surface area contributed by atoms with Crippen LogP contribution in [0.3, 0.4) is 0 Å². The molecule has 2 aromatic rings. The second-order valence-electron chi connectivity index (χ2n) is 4.59. The van der Waals surface area contributed by atoms with E-state index in [0.717, 1.165) is 0 Å². The molecule has 0 bridgehead atoms. The quantitative estimate of drug-likeness (QED) is 0.788. The summed E-state index contributed by atoms with van der Waals surface area (Å²) in [6, 6.07) is 10.8. The van der Waals surface area contributed by atoms with E-state index in [1.807, 2.05) is 24.3 Å². The van der Waals surface area contributed by atoms with Gasteiger partial charge in [0.15, 0.2) is 0 Å². The van der Waals surface area contributed by atoms with Crippen LogP contribution in [0, 0.1) is 0 Å². The van der Waals surface area contributed by atoms with Gasteiger partial charge in [-0.15, -0.1) is 0 Å². The predicted octanol–water partition coefficient (Wildman–Crippen LogP) is 2.27. The van der Waals surface area contributed by atoms with E-state index in [1.54, 1.807) is 12.1 Å². The Hall–Kier alpha value is -2.76. The Balaban J connectivity index is 2.16. The maximum atomic E-state index is 10.8. The topological polar surface area (TPSA) is 78.4 Å². The minimum Gasteiger partial charge on any atom is -0.459 e. The number of rotatable bonds is 5. The molecular formula is C16H16N2O4. The van der Waals surface area contributed by atoms with Gasteiger partial charge in [-0.2, -0.15) is 0 Å². The first-order valence-electron chi connectivity index (χ1n) is 6.73. The molecule has 2 heterocycles. The lowest BCUT2D eigenvalue weighted by molar-refractivity contribution is -0.143. The van der Waals surface area contributed by atoms with E-state index in [1.165, 1.54) is 13.8 Å². The Kier molecular flexibility index (Phi) is 5.19. The standard InChI is InChI=1S/C16H16N2O4/c1-11(19)21-9-13-5-3-7-15(17-13)16-8-4-6-14(18-16)10-22-12(2)20/h3-8H,9-10H2,1-2H3. The van der Waals surface area contributed by atoms with Gasteiger partial charge < -0.3 is 9.47 Å². The molecule has 22 heavy (non-hydrogen) atoms.